The lowest BCUT2D eigenvalue weighted by molar-refractivity contribution is 0.0974. The van der Waals surface area contributed by atoms with Gasteiger partial charge in [0, 0.05) is 6.42 Å². The quantitative estimate of drug-likeness (QED) is 0.822. The van der Waals surface area contributed by atoms with Crippen molar-refractivity contribution in [3.8, 4) is 0 Å². The van der Waals surface area contributed by atoms with Crippen molar-refractivity contribution in [3.63, 3.8) is 0 Å². The van der Waals surface area contributed by atoms with Crippen LogP contribution in [-0.4, -0.2) is 15.3 Å². The van der Waals surface area contributed by atoms with E-state index in [1.807, 2.05) is 6.07 Å². The van der Waals surface area contributed by atoms with E-state index in [1.54, 1.807) is 12.5 Å². The fourth-order valence-corrected chi connectivity index (χ4v) is 3.08. The number of ketones is 1. The molecule has 19 heavy (non-hydrogen) atoms. The van der Waals surface area contributed by atoms with Gasteiger partial charge in [0.1, 0.15) is 5.69 Å². The zero-order valence-corrected chi connectivity index (χ0v) is 11.1. The van der Waals surface area contributed by atoms with Crippen LogP contribution in [0.15, 0.2) is 42.9 Å². The molecule has 0 fully saturated rings. The van der Waals surface area contributed by atoms with Crippen LogP contribution in [0.1, 0.15) is 48.3 Å². The number of nitrogens with zero attached hydrogens (tertiary/aromatic N) is 2. The Bertz CT molecular complexity index is 573. The minimum atomic E-state index is 0.217. The first-order valence-electron chi connectivity index (χ1n) is 6.91. The molecule has 0 bridgehead atoms. The number of Topliss-reactive ketones (excluding diaryl/α,β-unsaturated/α-hetero) is 1. The predicted octanol–water partition coefficient (Wildman–Crippen LogP) is 3.48. The molecule has 0 spiro atoms. The van der Waals surface area contributed by atoms with E-state index in [0.717, 1.165) is 18.5 Å². The Hall–Kier alpha value is -1.90. The molecule has 3 heteroatoms. The van der Waals surface area contributed by atoms with Gasteiger partial charge in [-0.3, -0.25) is 4.79 Å². The van der Waals surface area contributed by atoms with E-state index in [9.17, 15) is 4.79 Å². The minimum Gasteiger partial charge on any atom is -0.320 e. The molecule has 98 valence electrons. The van der Waals surface area contributed by atoms with E-state index in [2.05, 4.69) is 40.7 Å². The highest BCUT2D eigenvalue weighted by molar-refractivity contribution is 5.94. The Kier molecular flexibility index (Phi) is 3.20. The van der Waals surface area contributed by atoms with Gasteiger partial charge in [-0.25, -0.2) is 4.98 Å². The number of imidazole rings is 1. The zero-order valence-electron chi connectivity index (χ0n) is 11.1. The molecule has 2 aromatic rings. The van der Waals surface area contributed by atoms with Crippen LogP contribution in [0.4, 0.5) is 0 Å². The zero-order chi connectivity index (χ0) is 13.2. The summed E-state index contributed by atoms with van der Waals surface area (Å²) in [5, 5.41) is 0. The van der Waals surface area contributed by atoms with Crippen LogP contribution in [-0.2, 0) is 0 Å². The molecule has 3 nitrogen and oxygen atoms in total. The summed E-state index contributed by atoms with van der Waals surface area (Å²) in [6.45, 7) is 2.20. The number of benzene rings is 1. The second kappa shape index (κ2) is 5.00. The molecular weight excluding hydrogens is 236 g/mol. The van der Waals surface area contributed by atoms with Crippen molar-refractivity contribution in [1.29, 1.82) is 0 Å². The summed E-state index contributed by atoms with van der Waals surface area (Å²) in [4.78, 5) is 16.3. The fourth-order valence-electron chi connectivity index (χ4n) is 3.08. The van der Waals surface area contributed by atoms with Crippen molar-refractivity contribution >= 4 is 5.78 Å². The van der Waals surface area contributed by atoms with Crippen molar-refractivity contribution in [3.05, 3.63) is 54.1 Å². The number of fused-ring (bicyclic) bond motifs is 1. The van der Waals surface area contributed by atoms with Crippen LogP contribution < -0.4 is 0 Å². The molecule has 0 saturated heterocycles. The van der Waals surface area contributed by atoms with Crippen LogP contribution in [0, 0.1) is 5.92 Å². The maximum Gasteiger partial charge on any atom is 0.180 e. The van der Waals surface area contributed by atoms with E-state index < -0.39 is 0 Å². The first kappa shape index (κ1) is 12.2. The molecular formula is C16H18N2O. The molecule has 2 heterocycles. The lowest BCUT2D eigenvalue weighted by Gasteiger charge is -2.26. The smallest absolute Gasteiger partial charge is 0.180 e. The van der Waals surface area contributed by atoms with Crippen LogP contribution in [0.25, 0.3) is 0 Å². The van der Waals surface area contributed by atoms with Crippen molar-refractivity contribution in [1.82, 2.24) is 9.55 Å². The van der Waals surface area contributed by atoms with Crippen molar-refractivity contribution in [2.24, 2.45) is 5.92 Å². The molecule has 2 atom stereocenters. The Morgan fingerprint density at radius 3 is 2.84 bits per heavy atom. The van der Waals surface area contributed by atoms with Gasteiger partial charge in [-0.1, -0.05) is 43.7 Å². The van der Waals surface area contributed by atoms with Gasteiger partial charge >= 0.3 is 0 Å². The van der Waals surface area contributed by atoms with Gasteiger partial charge in [-0.05, 0) is 17.9 Å². The maximum absolute atomic E-state index is 12.1. The maximum atomic E-state index is 12.1. The van der Waals surface area contributed by atoms with Crippen molar-refractivity contribution < 1.29 is 4.79 Å². The van der Waals surface area contributed by atoms with Gasteiger partial charge in [0.25, 0.3) is 0 Å². The lowest BCUT2D eigenvalue weighted by atomic mass is 9.88. The van der Waals surface area contributed by atoms with Crippen LogP contribution in [0.2, 0.25) is 0 Å². The van der Waals surface area contributed by atoms with Gasteiger partial charge in [0.05, 0.1) is 18.6 Å². The molecule has 3 rings (SSSR count). The molecule has 1 aromatic carbocycles. The highest BCUT2D eigenvalue weighted by atomic mass is 16.1. The number of hydrogen-bond acceptors (Lipinski definition) is 2. The van der Waals surface area contributed by atoms with Crippen molar-refractivity contribution in [2.75, 3.05) is 0 Å². The summed E-state index contributed by atoms with van der Waals surface area (Å²) in [5.74, 6) is 0.705. The second-order valence-electron chi connectivity index (χ2n) is 5.17. The fraction of sp³-hybridized carbons (Fsp3) is 0.375. The Morgan fingerprint density at radius 1 is 1.32 bits per heavy atom. The summed E-state index contributed by atoms with van der Waals surface area (Å²) in [7, 11) is 0. The molecule has 0 saturated carbocycles. The average Bonchev–Trinajstić information content (AvgIpc) is 2.88. The Balaban J connectivity index is 2.13. The van der Waals surface area contributed by atoms with E-state index in [0.29, 0.717) is 12.3 Å². The van der Waals surface area contributed by atoms with Gasteiger partial charge in [0.15, 0.2) is 5.78 Å². The molecule has 0 N–H and O–H groups in total. The number of rotatable bonds is 2. The normalized spacial score (nSPS) is 22.9. The summed E-state index contributed by atoms with van der Waals surface area (Å²) in [5.41, 5.74) is 2.02. The number of hydrogen-bond donors (Lipinski definition) is 0. The molecule has 1 aliphatic heterocycles. The summed E-state index contributed by atoms with van der Waals surface area (Å²) in [6, 6.07) is 10.7. The van der Waals surface area contributed by atoms with E-state index >= 15 is 0 Å². The third-order valence-corrected chi connectivity index (χ3v) is 4.11. The molecule has 1 aliphatic rings. The first-order chi connectivity index (χ1) is 9.31. The van der Waals surface area contributed by atoms with Gasteiger partial charge in [-0.2, -0.15) is 0 Å². The third-order valence-electron chi connectivity index (χ3n) is 4.11. The van der Waals surface area contributed by atoms with E-state index in [-0.39, 0.29) is 11.8 Å². The summed E-state index contributed by atoms with van der Waals surface area (Å²) >= 11 is 0. The highest BCUT2D eigenvalue weighted by Gasteiger charge is 2.30. The van der Waals surface area contributed by atoms with Gasteiger partial charge < -0.3 is 4.57 Å². The average molecular weight is 254 g/mol. The van der Waals surface area contributed by atoms with Crippen LogP contribution in [0.3, 0.4) is 0 Å². The molecule has 0 aliphatic carbocycles. The standard InChI is InChI=1S/C16H18N2O/c1-2-12-8-9-15(19)14-10-17-11-18(14)16(12)13-6-4-3-5-7-13/h3-7,10-12,16H,2,8-9H2,1H3. The molecule has 2 unspecified atom stereocenters. The van der Waals surface area contributed by atoms with E-state index in [4.69, 9.17) is 0 Å². The van der Waals surface area contributed by atoms with Crippen LogP contribution in [0.5, 0.6) is 0 Å². The number of carbonyl (C=O) groups is 1. The molecule has 0 amide bonds. The topological polar surface area (TPSA) is 34.9 Å². The minimum absolute atomic E-state index is 0.217. The number of aromatic nitrogens is 2. The summed E-state index contributed by atoms with van der Waals surface area (Å²) in [6.07, 6.45) is 6.17. The predicted molar refractivity (Wildman–Crippen MR) is 74.2 cm³/mol. The van der Waals surface area contributed by atoms with Crippen LogP contribution >= 0.6 is 0 Å². The Morgan fingerprint density at radius 2 is 2.11 bits per heavy atom. The SMILES string of the molecule is CCC1CCC(=O)c2cncn2C1c1ccccc1. The lowest BCUT2D eigenvalue weighted by Crippen LogP contribution is -2.19. The largest absolute Gasteiger partial charge is 0.320 e. The molecule has 1 aromatic heterocycles. The third kappa shape index (κ3) is 2.09. The molecule has 0 radical (unpaired) electrons. The first-order valence-corrected chi connectivity index (χ1v) is 6.91. The van der Waals surface area contributed by atoms with Gasteiger partial charge in [-0.15, -0.1) is 0 Å². The second-order valence-corrected chi connectivity index (χ2v) is 5.17. The number of carbonyl (C=O) groups excluding carboxylic acids is 1. The van der Waals surface area contributed by atoms with Gasteiger partial charge in [0.2, 0.25) is 0 Å². The Labute approximate surface area is 113 Å². The summed E-state index contributed by atoms with van der Waals surface area (Å²) < 4.78 is 2.07. The monoisotopic (exact) mass is 254 g/mol. The van der Waals surface area contributed by atoms with Crippen molar-refractivity contribution in [2.45, 2.75) is 32.2 Å². The highest BCUT2D eigenvalue weighted by Crippen LogP contribution is 2.36. The van der Waals surface area contributed by atoms with E-state index in [1.165, 1.54) is 5.56 Å².